The molecule has 0 radical (unpaired) electrons. The highest BCUT2D eigenvalue weighted by atomic mass is 35.5. The van der Waals surface area contributed by atoms with Gasteiger partial charge in [-0.05, 0) is 24.8 Å². The van der Waals surface area contributed by atoms with Gasteiger partial charge in [0.25, 0.3) is 0 Å². The van der Waals surface area contributed by atoms with E-state index >= 15 is 0 Å². The van der Waals surface area contributed by atoms with Crippen LogP contribution in [0, 0.1) is 12.8 Å². The second-order valence-corrected chi connectivity index (χ2v) is 5.24. The van der Waals surface area contributed by atoms with Gasteiger partial charge >= 0.3 is 0 Å². The smallest absolute Gasteiger partial charge is 0.244 e. The number of benzene rings is 1. The Bertz CT molecular complexity index is 419. The van der Waals surface area contributed by atoms with Crippen LogP contribution in [0.3, 0.4) is 0 Å². The maximum atomic E-state index is 12.3. The highest BCUT2D eigenvalue weighted by Crippen LogP contribution is 2.22. The zero-order chi connectivity index (χ0) is 13.1. The van der Waals surface area contributed by atoms with Crippen molar-refractivity contribution in [3.8, 4) is 0 Å². The molecule has 19 heavy (non-hydrogen) atoms. The number of nitrogens with two attached hydrogens (primary N) is 1. The highest BCUT2D eigenvalue weighted by Gasteiger charge is 2.28. The van der Waals surface area contributed by atoms with E-state index in [1.54, 1.807) is 0 Å². The minimum Gasteiger partial charge on any atom is -0.341 e. The molecular weight excluding hydrogens is 260 g/mol. The van der Waals surface area contributed by atoms with Crippen molar-refractivity contribution in [2.24, 2.45) is 11.7 Å². The zero-order valence-electron chi connectivity index (χ0n) is 11.6. The molecule has 1 aliphatic rings. The summed E-state index contributed by atoms with van der Waals surface area (Å²) in [6.07, 6.45) is 2.26. The number of carbonyl (C=O) groups excluding carboxylic acids is 1. The first kappa shape index (κ1) is 16.0. The van der Waals surface area contributed by atoms with Crippen molar-refractivity contribution in [2.45, 2.75) is 32.7 Å². The van der Waals surface area contributed by atoms with Gasteiger partial charge in [0.15, 0.2) is 0 Å². The largest absolute Gasteiger partial charge is 0.341 e. The normalized spacial score (nSPS) is 19.9. The van der Waals surface area contributed by atoms with Gasteiger partial charge in [-0.25, -0.2) is 0 Å². The number of rotatable bonds is 3. The van der Waals surface area contributed by atoms with E-state index in [-0.39, 0.29) is 18.3 Å². The predicted molar refractivity (Wildman–Crippen MR) is 80.3 cm³/mol. The Hall–Kier alpha value is -1.06. The van der Waals surface area contributed by atoms with E-state index in [2.05, 4.69) is 6.92 Å². The lowest BCUT2D eigenvalue weighted by atomic mass is 10.0. The van der Waals surface area contributed by atoms with Crippen molar-refractivity contribution in [3.05, 3.63) is 35.4 Å². The lowest BCUT2D eigenvalue weighted by molar-refractivity contribution is -0.131. The summed E-state index contributed by atoms with van der Waals surface area (Å²) in [6.45, 7) is 5.94. The molecule has 4 heteroatoms. The van der Waals surface area contributed by atoms with E-state index in [0.29, 0.717) is 5.92 Å². The summed E-state index contributed by atoms with van der Waals surface area (Å²) >= 11 is 0. The summed E-state index contributed by atoms with van der Waals surface area (Å²) in [5.41, 5.74) is 8.16. The Kier molecular flexibility index (Phi) is 5.83. The van der Waals surface area contributed by atoms with Crippen molar-refractivity contribution in [1.29, 1.82) is 0 Å². The first-order valence-corrected chi connectivity index (χ1v) is 6.72. The molecule has 1 aromatic carbocycles. The molecule has 1 saturated heterocycles. The summed E-state index contributed by atoms with van der Waals surface area (Å²) in [5, 5.41) is 0. The summed E-state index contributed by atoms with van der Waals surface area (Å²) < 4.78 is 0. The number of nitrogens with zero attached hydrogens (tertiary/aromatic N) is 1. The van der Waals surface area contributed by atoms with Gasteiger partial charge in [0.1, 0.15) is 6.04 Å². The molecule has 0 spiro atoms. The van der Waals surface area contributed by atoms with Crippen molar-refractivity contribution in [2.75, 3.05) is 13.1 Å². The van der Waals surface area contributed by atoms with Crippen LogP contribution in [-0.4, -0.2) is 23.9 Å². The highest BCUT2D eigenvalue weighted by molar-refractivity contribution is 5.85. The van der Waals surface area contributed by atoms with Crippen molar-refractivity contribution < 1.29 is 4.79 Å². The average Bonchev–Trinajstić information content (AvgIpc) is 2.86. The molecule has 1 fully saturated rings. The lowest BCUT2D eigenvalue weighted by Gasteiger charge is -2.21. The molecule has 1 amide bonds. The molecule has 3 nitrogen and oxygen atoms in total. The van der Waals surface area contributed by atoms with Gasteiger partial charge in [0.05, 0.1) is 0 Å². The van der Waals surface area contributed by atoms with Crippen molar-refractivity contribution in [1.82, 2.24) is 4.90 Å². The first-order valence-electron chi connectivity index (χ1n) is 6.72. The van der Waals surface area contributed by atoms with Crippen molar-refractivity contribution in [3.63, 3.8) is 0 Å². The van der Waals surface area contributed by atoms with Gasteiger partial charge in [-0.2, -0.15) is 0 Å². The van der Waals surface area contributed by atoms with Gasteiger partial charge in [-0.15, -0.1) is 12.4 Å². The standard InChI is InChI=1S/C15H22N2O.ClH/c1-3-12-8-9-17(10-12)15(18)14(16)13-6-4-11(2)5-7-13;/h4-7,12,14H,3,8-10,16H2,1-2H3;1H. The fourth-order valence-corrected chi connectivity index (χ4v) is 2.48. The Morgan fingerprint density at radius 2 is 2.05 bits per heavy atom. The predicted octanol–water partition coefficient (Wildman–Crippen LogP) is 2.68. The number of hydrogen-bond donors (Lipinski definition) is 1. The fourth-order valence-electron chi connectivity index (χ4n) is 2.48. The molecule has 2 N–H and O–H groups in total. The van der Waals surface area contributed by atoms with Gasteiger partial charge in [0, 0.05) is 13.1 Å². The van der Waals surface area contributed by atoms with E-state index in [1.807, 2.05) is 36.1 Å². The van der Waals surface area contributed by atoms with E-state index in [0.717, 1.165) is 31.5 Å². The van der Waals surface area contributed by atoms with E-state index in [1.165, 1.54) is 5.56 Å². The number of carbonyl (C=O) groups is 1. The summed E-state index contributed by atoms with van der Waals surface area (Å²) in [4.78, 5) is 14.2. The van der Waals surface area contributed by atoms with E-state index in [4.69, 9.17) is 5.73 Å². The van der Waals surface area contributed by atoms with Crippen LogP contribution in [0.15, 0.2) is 24.3 Å². The molecular formula is C15H23ClN2O. The molecule has 2 rings (SSSR count). The lowest BCUT2D eigenvalue weighted by Crippen LogP contribution is -2.37. The van der Waals surface area contributed by atoms with E-state index < -0.39 is 6.04 Å². The third-order valence-corrected chi connectivity index (χ3v) is 3.88. The fraction of sp³-hybridized carbons (Fsp3) is 0.533. The summed E-state index contributed by atoms with van der Waals surface area (Å²) in [7, 11) is 0. The van der Waals surface area contributed by atoms with Gasteiger partial charge in [-0.3, -0.25) is 4.79 Å². The van der Waals surface area contributed by atoms with Crippen LogP contribution in [0.2, 0.25) is 0 Å². The molecule has 1 aromatic rings. The molecule has 2 atom stereocenters. The summed E-state index contributed by atoms with van der Waals surface area (Å²) in [6, 6.07) is 7.39. The number of likely N-dealkylation sites (tertiary alicyclic amines) is 1. The molecule has 1 heterocycles. The monoisotopic (exact) mass is 282 g/mol. The Morgan fingerprint density at radius 1 is 1.42 bits per heavy atom. The number of aryl methyl sites for hydroxylation is 1. The van der Waals surface area contributed by atoms with Crippen molar-refractivity contribution >= 4 is 18.3 Å². The third kappa shape index (κ3) is 3.71. The number of hydrogen-bond acceptors (Lipinski definition) is 2. The van der Waals surface area contributed by atoms with Crippen LogP contribution in [0.5, 0.6) is 0 Å². The molecule has 0 bridgehead atoms. The first-order chi connectivity index (χ1) is 8.61. The van der Waals surface area contributed by atoms with Crippen LogP contribution in [0.4, 0.5) is 0 Å². The third-order valence-electron chi connectivity index (χ3n) is 3.88. The van der Waals surface area contributed by atoms with Crippen LogP contribution >= 0.6 is 12.4 Å². The minimum absolute atomic E-state index is 0. The molecule has 1 aliphatic heterocycles. The number of amides is 1. The Labute approximate surface area is 121 Å². The second-order valence-electron chi connectivity index (χ2n) is 5.24. The molecule has 0 aromatic heterocycles. The minimum atomic E-state index is -0.513. The maximum Gasteiger partial charge on any atom is 0.244 e. The van der Waals surface area contributed by atoms with Crippen LogP contribution < -0.4 is 5.73 Å². The zero-order valence-corrected chi connectivity index (χ0v) is 12.5. The SMILES string of the molecule is CCC1CCN(C(=O)C(N)c2ccc(C)cc2)C1.Cl. The molecule has 2 unspecified atom stereocenters. The second kappa shape index (κ2) is 6.92. The maximum absolute atomic E-state index is 12.3. The average molecular weight is 283 g/mol. The van der Waals surface area contributed by atoms with Gasteiger partial charge < -0.3 is 10.6 Å². The Balaban J connectivity index is 0.00000180. The Morgan fingerprint density at radius 3 is 2.58 bits per heavy atom. The molecule has 0 aliphatic carbocycles. The van der Waals surface area contributed by atoms with Gasteiger partial charge in [0.2, 0.25) is 5.91 Å². The van der Waals surface area contributed by atoms with E-state index in [9.17, 15) is 4.79 Å². The molecule has 106 valence electrons. The summed E-state index contributed by atoms with van der Waals surface area (Å²) in [5.74, 6) is 0.717. The number of halogens is 1. The quantitative estimate of drug-likeness (QED) is 0.926. The molecule has 0 saturated carbocycles. The van der Waals surface area contributed by atoms with Crippen LogP contribution in [0.25, 0.3) is 0 Å². The van der Waals surface area contributed by atoms with Gasteiger partial charge in [-0.1, -0.05) is 43.2 Å². The van der Waals surface area contributed by atoms with Crippen LogP contribution in [0.1, 0.15) is 36.9 Å². The van der Waals surface area contributed by atoms with Crippen LogP contribution in [-0.2, 0) is 4.79 Å². The topological polar surface area (TPSA) is 46.3 Å².